The highest BCUT2D eigenvalue weighted by atomic mass is 32.2. The van der Waals surface area contributed by atoms with Crippen molar-refractivity contribution >= 4 is 15.9 Å². The molecule has 0 aliphatic carbocycles. The number of nitrogens with one attached hydrogen (secondary N) is 1. The molecule has 1 heterocycles. The van der Waals surface area contributed by atoms with Crippen LogP contribution in [0.1, 0.15) is 63.0 Å². The van der Waals surface area contributed by atoms with Crippen molar-refractivity contribution in [2.75, 3.05) is 13.1 Å². The zero-order valence-corrected chi connectivity index (χ0v) is 20.6. The van der Waals surface area contributed by atoms with Gasteiger partial charge < -0.3 is 9.64 Å². The molecule has 1 fully saturated rings. The zero-order valence-electron chi connectivity index (χ0n) is 19.8. The number of benzene rings is 2. The molecule has 1 saturated heterocycles. The molecule has 1 aliphatic rings. The van der Waals surface area contributed by atoms with E-state index in [-0.39, 0.29) is 34.5 Å². The van der Waals surface area contributed by atoms with E-state index in [9.17, 15) is 13.2 Å². The molecule has 6 nitrogen and oxygen atoms in total. The normalized spacial score (nSPS) is 19.1. The molecule has 0 bridgehead atoms. The SMILES string of the molecule is CC1CN(C(=O)c2ccc(CNS(=O)(=O)c3ccc(C(C)(C)C)cc3)cc2)CC(C)(C)O1. The first-order valence-electron chi connectivity index (χ1n) is 10.9. The van der Waals surface area contributed by atoms with Crippen molar-refractivity contribution in [2.45, 2.75) is 70.1 Å². The van der Waals surface area contributed by atoms with Crippen molar-refractivity contribution in [1.82, 2.24) is 9.62 Å². The molecule has 2 aromatic carbocycles. The predicted octanol–water partition coefficient (Wildman–Crippen LogP) is 4.10. The van der Waals surface area contributed by atoms with Crippen molar-refractivity contribution in [3.63, 3.8) is 0 Å². The van der Waals surface area contributed by atoms with Gasteiger partial charge in [-0.05, 0) is 61.6 Å². The maximum Gasteiger partial charge on any atom is 0.254 e. The van der Waals surface area contributed by atoms with Gasteiger partial charge in [0.25, 0.3) is 5.91 Å². The fourth-order valence-electron chi connectivity index (χ4n) is 3.95. The van der Waals surface area contributed by atoms with E-state index < -0.39 is 10.0 Å². The summed E-state index contributed by atoms with van der Waals surface area (Å²) >= 11 is 0. The van der Waals surface area contributed by atoms with Crippen molar-refractivity contribution < 1.29 is 17.9 Å². The molecular formula is C25H34N2O4S. The third-order valence-corrected chi connectivity index (χ3v) is 6.97. The third-order valence-electron chi connectivity index (χ3n) is 5.55. The van der Waals surface area contributed by atoms with E-state index in [1.165, 1.54) is 0 Å². The van der Waals surface area contributed by atoms with Gasteiger partial charge >= 0.3 is 0 Å². The Bertz CT molecular complexity index is 1050. The van der Waals surface area contributed by atoms with Gasteiger partial charge in [-0.15, -0.1) is 0 Å². The summed E-state index contributed by atoms with van der Waals surface area (Å²) in [6.07, 6.45) is -0.0196. The zero-order chi connectivity index (χ0) is 23.7. The average Bonchev–Trinajstić information content (AvgIpc) is 2.70. The minimum atomic E-state index is -3.62. The molecule has 0 spiro atoms. The van der Waals surface area contributed by atoms with Gasteiger partial charge in [-0.3, -0.25) is 4.79 Å². The second-order valence-corrected chi connectivity index (χ2v) is 11.9. The first-order valence-corrected chi connectivity index (χ1v) is 12.4. The minimum absolute atomic E-state index is 0.0196. The molecule has 32 heavy (non-hydrogen) atoms. The highest BCUT2D eigenvalue weighted by Gasteiger charge is 2.34. The molecule has 1 atom stereocenters. The Morgan fingerprint density at radius 2 is 1.69 bits per heavy atom. The summed E-state index contributed by atoms with van der Waals surface area (Å²) in [6.45, 7) is 13.4. The Labute approximate surface area is 192 Å². The molecule has 1 amide bonds. The van der Waals surface area contributed by atoms with E-state index in [0.717, 1.165) is 11.1 Å². The number of hydrogen-bond acceptors (Lipinski definition) is 4. The van der Waals surface area contributed by atoms with Gasteiger partial charge in [-0.1, -0.05) is 45.0 Å². The number of ether oxygens (including phenoxy) is 1. The summed E-state index contributed by atoms with van der Waals surface area (Å²) in [5.41, 5.74) is 2.03. The summed E-state index contributed by atoms with van der Waals surface area (Å²) in [6, 6.07) is 14.0. The minimum Gasteiger partial charge on any atom is -0.369 e. The Kier molecular flexibility index (Phi) is 6.84. The molecule has 1 aliphatic heterocycles. The lowest BCUT2D eigenvalue weighted by Gasteiger charge is -2.41. The third kappa shape index (κ3) is 5.97. The van der Waals surface area contributed by atoms with E-state index in [1.54, 1.807) is 36.4 Å². The maximum absolute atomic E-state index is 12.9. The van der Waals surface area contributed by atoms with Crippen LogP contribution in [0.15, 0.2) is 53.4 Å². The monoisotopic (exact) mass is 458 g/mol. The van der Waals surface area contributed by atoms with E-state index in [2.05, 4.69) is 25.5 Å². The van der Waals surface area contributed by atoms with Crippen LogP contribution >= 0.6 is 0 Å². The number of rotatable bonds is 5. The Hall–Kier alpha value is -2.22. The topological polar surface area (TPSA) is 75.7 Å². The number of hydrogen-bond donors (Lipinski definition) is 1. The van der Waals surface area contributed by atoms with Crippen molar-refractivity contribution in [3.05, 3.63) is 65.2 Å². The van der Waals surface area contributed by atoms with E-state index in [1.807, 2.05) is 37.8 Å². The van der Waals surface area contributed by atoms with Crippen LogP contribution in [-0.2, 0) is 26.7 Å². The van der Waals surface area contributed by atoms with Crippen LogP contribution < -0.4 is 4.72 Å². The molecular weight excluding hydrogens is 424 g/mol. The van der Waals surface area contributed by atoms with Gasteiger partial charge in [0, 0.05) is 25.2 Å². The molecule has 0 aromatic heterocycles. The average molecular weight is 459 g/mol. The standard InChI is InChI=1S/C25H34N2O4S/c1-18-16-27(17-25(5,6)31-18)23(28)20-9-7-19(8-10-20)15-26-32(29,30)22-13-11-21(12-14-22)24(2,3)4/h7-14,18,26H,15-17H2,1-6H3. The Balaban J connectivity index is 1.64. The smallest absolute Gasteiger partial charge is 0.254 e. The molecule has 3 rings (SSSR count). The van der Waals surface area contributed by atoms with Gasteiger partial charge in [0.05, 0.1) is 16.6 Å². The first-order chi connectivity index (χ1) is 14.8. The van der Waals surface area contributed by atoms with Crippen LogP contribution in [0.5, 0.6) is 0 Å². The molecule has 1 unspecified atom stereocenters. The quantitative estimate of drug-likeness (QED) is 0.732. The van der Waals surface area contributed by atoms with Gasteiger partial charge in [-0.25, -0.2) is 13.1 Å². The second-order valence-electron chi connectivity index (χ2n) is 10.2. The van der Waals surface area contributed by atoms with Crippen LogP contribution in [0.2, 0.25) is 0 Å². The molecule has 2 aromatic rings. The number of carbonyl (C=O) groups is 1. The molecule has 1 N–H and O–H groups in total. The van der Waals surface area contributed by atoms with Gasteiger partial charge in [0.2, 0.25) is 10.0 Å². The van der Waals surface area contributed by atoms with Crippen molar-refractivity contribution in [2.24, 2.45) is 0 Å². The largest absolute Gasteiger partial charge is 0.369 e. The fourth-order valence-corrected chi connectivity index (χ4v) is 4.97. The number of morpholine rings is 1. The Morgan fingerprint density at radius 1 is 1.09 bits per heavy atom. The fraction of sp³-hybridized carbons (Fsp3) is 0.480. The lowest BCUT2D eigenvalue weighted by Crippen LogP contribution is -2.53. The van der Waals surface area contributed by atoms with Crippen LogP contribution in [0, 0.1) is 0 Å². The molecule has 7 heteroatoms. The van der Waals surface area contributed by atoms with Crippen LogP contribution in [0.4, 0.5) is 0 Å². The summed E-state index contributed by atoms with van der Waals surface area (Å²) < 4.78 is 33.8. The summed E-state index contributed by atoms with van der Waals surface area (Å²) in [4.78, 5) is 15.0. The second kappa shape index (κ2) is 8.96. The van der Waals surface area contributed by atoms with Crippen LogP contribution in [0.25, 0.3) is 0 Å². The lowest BCUT2D eigenvalue weighted by molar-refractivity contribution is -0.118. The first kappa shape index (κ1) is 24.4. The van der Waals surface area contributed by atoms with E-state index >= 15 is 0 Å². The lowest BCUT2D eigenvalue weighted by atomic mass is 9.87. The number of amides is 1. The summed E-state index contributed by atoms with van der Waals surface area (Å²) in [7, 11) is -3.62. The molecule has 0 radical (unpaired) electrons. The molecule has 174 valence electrons. The van der Waals surface area contributed by atoms with E-state index in [4.69, 9.17) is 4.74 Å². The molecule has 0 saturated carbocycles. The summed E-state index contributed by atoms with van der Waals surface area (Å²) in [5, 5.41) is 0. The predicted molar refractivity (Wildman–Crippen MR) is 126 cm³/mol. The van der Waals surface area contributed by atoms with Gasteiger partial charge in [0.15, 0.2) is 0 Å². The Morgan fingerprint density at radius 3 is 2.22 bits per heavy atom. The number of carbonyl (C=O) groups excluding carboxylic acids is 1. The van der Waals surface area contributed by atoms with Gasteiger partial charge in [-0.2, -0.15) is 0 Å². The maximum atomic E-state index is 12.9. The van der Waals surface area contributed by atoms with Crippen molar-refractivity contribution in [3.8, 4) is 0 Å². The van der Waals surface area contributed by atoms with Crippen LogP contribution in [0.3, 0.4) is 0 Å². The highest BCUT2D eigenvalue weighted by molar-refractivity contribution is 7.89. The van der Waals surface area contributed by atoms with Gasteiger partial charge in [0.1, 0.15) is 0 Å². The van der Waals surface area contributed by atoms with Crippen LogP contribution in [-0.4, -0.2) is 44.0 Å². The summed E-state index contributed by atoms with van der Waals surface area (Å²) in [5.74, 6) is -0.0423. The number of sulfonamides is 1. The van der Waals surface area contributed by atoms with E-state index in [0.29, 0.717) is 18.7 Å². The highest BCUT2D eigenvalue weighted by Crippen LogP contribution is 2.24. The number of nitrogens with zero attached hydrogens (tertiary/aromatic N) is 1. The van der Waals surface area contributed by atoms with Crippen molar-refractivity contribution in [1.29, 1.82) is 0 Å².